The monoisotopic (exact) mass is 516 g/mol. The number of benzene rings is 1. The van der Waals surface area contributed by atoms with Gasteiger partial charge in [-0.3, -0.25) is 9.59 Å². The molecule has 1 aliphatic heterocycles. The SMILES string of the molecule is CCN(CC)c1ccc2c(c1)OC(=O)C(/C=C/c1cc[n+](CCCCCC(=O)O)cc1S(=O)(=O)[O-])C2. The normalized spacial score (nSPS) is 15.5. The molecular formula is C26H32N2O7S. The van der Waals surface area contributed by atoms with Gasteiger partial charge in [0.15, 0.2) is 12.4 Å². The highest BCUT2D eigenvalue weighted by molar-refractivity contribution is 7.85. The number of aryl methyl sites for hydroxylation is 1. The molecule has 2 aromatic rings. The number of hydrogen-bond acceptors (Lipinski definition) is 7. The van der Waals surface area contributed by atoms with Gasteiger partial charge in [0.1, 0.15) is 27.3 Å². The summed E-state index contributed by atoms with van der Waals surface area (Å²) in [6, 6.07) is 7.31. The van der Waals surface area contributed by atoms with E-state index in [1.165, 1.54) is 18.3 Å². The molecule has 1 aromatic heterocycles. The fourth-order valence-electron chi connectivity index (χ4n) is 4.22. The van der Waals surface area contributed by atoms with Crippen molar-refractivity contribution in [2.45, 2.75) is 57.4 Å². The van der Waals surface area contributed by atoms with Crippen LogP contribution in [0.25, 0.3) is 6.08 Å². The van der Waals surface area contributed by atoms with E-state index in [-0.39, 0.29) is 16.9 Å². The molecule has 1 aromatic carbocycles. The number of fused-ring (bicyclic) bond motifs is 1. The number of aliphatic carboxylic acids is 1. The van der Waals surface area contributed by atoms with Gasteiger partial charge in [-0.25, -0.2) is 13.0 Å². The Morgan fingerprint density at radius 3 is 2.64 bits per heavy atom. The van der Waals surface area contributed by atoms with Crippen molar-refractivity contribution in [3.05, 3.63) is 53.9 Å². The van der Waals surface area contributed by atoms with Crippen molar-refractivity contribution in [1.82, 2.24) is 0 Å². The minimum Gasteiger partial charge on any atom is -0.744 e. The predicted octanol–water partition coefficient (Wildman–Crippen LogP) is 3.16. The second-order valence-corrected chi connectivity index (χ2v) is 10.1. The second-order valence-electron chi connectivity index (χ2n) is 8.72. The van der Waals surface area contributed by atoms with E-state index in [1.54, 1.807) is 16.8 Å². The van der Waals surface area contributed by atoms with E-state index in [0.29, 0.717) is 38.0 Å². The van der Waals surface area contributed by atoms with E-state index in [9.17, 15) is 22.6 Å². The second kappa shape index (κ2) is 12.1. The molecule has 194 valence electrons. The molecule has 0 bridgehead atoms. The van der Waals surface area contributed by atoms with Crippen molar-refractivity contribution in [2.75, 3.05) is 18.0 Å². The fourth-order valence-corrected chi connectivity index (χ4v) is 4.91. The Kier molecular flexibility index (Phi) is 9.22. The molecule has 0 saturated carbocycles. The van der Waals surface area contributed by atoms with Crippen LogP contribution in [0.1, 0.15) is 50.7 Å². The lowest BCUT2D eigenvalue weighted by Crippen LogP contribution is -2.34. The maximum atomic E-state index is 12.6. The van der Waals surface area contributed by atoms with Crippen LogP contribution in [-0.4, -0.2) is 43.1 Å². The first kappa shape index (κ1) is 27.3. The zero-order valence-electron chi connectivity index (χ0n) is 20.6. The van der Waals surface area contributed by atoms with Crippen LogP contribution in [0.15, 0.2) is 47.6 Å². The molecule has 1 atom stereocenters. The highest BCUT2D eigenvalue weighted by Gasteiger charge is 2.27. The minimum absolute atomic E-state index is 0.0831. The third kappa shape index (κ3) is 7.14. The smallest absolute Gasteiger partial charge is 0.318 e. The van der Waals surface area contributed by atoms with E-state index >= 15 is 0 Å². The van der Waals surface area contributed by atoms with Crippen LogP contribution in [0.4, 0.5) is 5.69 Å². The summed E-state index contributed by atoms with van der Waals surface area (Å²) in [5.74, 6) is -1.37. The van der Waals surface area contributed by atoms with Gasteiger partial charge in [0.25, 0.3) is 0 Å². The van der Waals surface area contributed by atoms with Crippen LogP contribution in [0.5, 0.6) is 5.75 Å². The molecule has 0 radical (unpaired) electrons. The number of pyridine rings is 1. The van der Waals surface area contributed by atoms with E-state index in [2.05, 4.69) is 18.7 Å². The van der Waals surface area contributed by atoms with E-state index in [4.69, 9.17) is 9.84 Å². The lowest BCUT2D eigenvalue weighted by Gasteiger charge is -2.25. The number of rotatable bonds is 12. The molecular weight excluding hydrogens is 484 g/mol. The van der Waals surface area contributed by atoms with E-state index in [0.717, 1.165) is 24.3 Å². The first-order valence-corrected chi connectivity index (χ1v) is 13.5. The van der Waals surface area contributed by atoms with Gasteiger partial charge in [0.05, 0.1) is 5.92 Å². The lowest BCUT2D eigenvalue weighted by atomic mass is 9.94. The Morgan fingerprint density at radius 1 is 1.22 bits per heavy atom. The largest absolute Gasteiger partial charge is 0.744 e. The van der Waals surface area contributed by atoms with Crippen molar-refractivity contribution in [3.8, 4) is 5.75 Å². The highest BCUT2D eigenvalue weighted by atomic mass is 32.2. The Bertz CT molecular complexity index is 1240. The standard InChI is InChI=1S/C26H32N2O7S/c1-3-28(4-2)22-12-11-20-16-21(26(31)35-23(20)17-22)10-9-19-13-15-27(18-24(19)36(32,33)34)14-7-5-6-8-25(29)30/h9-13,15,17-18,21H,3-8,14,16H2,1-2H3,(H-,29,30,32,33,34)/b10-9+. The van der Waals surface area contributed by atoms with Crippen molar-refractivity contribution >= 4 is 33.8 Å². The van der Waals surface area contributed by atoms with Gasteiger partial charge in [0, 0.05) is 49.3 Å². The number of esters is 1. The number of ether oxygens (including phenoxy) is 1. The summed E-state index contributed by atoms with van der Waals surface area (Å²) in [5.41, 5.74) is 2.05. The number of carboxylic acids is 1. The topological polar surface area (TPSA) is 128 Å². The third-order valence-corrected chi connectivity index (χ3v) is 7.11. The summed E-state index contributed by atoms with van der Waals surface area (Å²) in [6.45, 7) is 6.23. The number of anilines is 1. The summed E-state index contributed by atoms with van der Waals surface area (Å²) in [5, 5.41) is 8.70. The average Bonchev–Trinajstić information content (AvgIpc) is 2.83. The van der Waals surface area contributed by atoms with Gasteiger partial charge in [-0.1, -0.05) is 18.2 Å². The molecule has 2 heterocycles. The quantitative estimate of drug-likeness (QED) is 0.150. The van der Waals surface area contributed by atoms with Crippen molar-refractivity contribution in [3.63, 3.8) is 0 Å². The zero-order chi connectivity index (χ0) is 26.3. The summed E-state index contributed by atoms with van der Waals surface area (Å²) in [4.78, 5) is 25.0. The van der Waals surface area contributed by atoms with Gasteiger partial charge in [-0.05, 0) is 44.7 Å². The van der Waals surface area contributed by atoms with Gasteiger partial charge < -0.3 is 19.3 Å². The molecule has 9 nitrogen and oxygen atoms in total. The van der Waals surface area contributed by atoms with E-state index in [1.807, 2.05) is 18.2 Å². The molecule has 10 heteroatoms. The Balaban J connectivity index is 1.74. The van der Waals surface area contributed by atoms with E-state index < -0.39 is 28.0 Å². The fraction of sp³-hybridized carbons (Fsp3) is 0.423. The van der Waals surface area contributed by atoms with Crippen LogP contribution >= 0.6 is 0 Å². The molecule has 1 aliphatic rings. The minimum atomic E-state index is -4.76. The predicted molar refractivity (Wildman–Crippen MR) is 133 cm³/mol. The zero-order valence-corrected chi connectivity index (χ0v) is 21.4. The van der Waals surface area contributed by atoms with Crippen LogP contribution in [0, 0.1) is 5.92 Å². The third-order valence-electron chi connectivity index (χ3n) is 6.23. The molecule has 0 spiro atoms. The number of carbonyl (C=O) groups excluding carboxylic acids is 1. The van der Waals surface area contributed by atoms with Crippen LogP contribution in [0.3, 0.4) is 0 Å². The van der Waals surface area contributed by atoms with Gasteiger partial charge in [-0.2, -0.15) is 0 Å². The van der Waals surface area contributed by atoms with Crippen LogP contribution in [0.2, 0.25) is 0 Å². The molecule has 0 fully saturated rings. The molecule has 0 aliphatic carbocycles. The van der Waals surface area contributed by atoms with Crippen molar-refractivity contribution in [2.24, 2.45) is 5.92 Å². The summed E-state index contributed by atoms with van der Waals surface area (Å²) in [6.07, 6.45) is 8.33. The summed E-state index contributed by atoms with van der Waals surface area (Å²) in [7, 11) is -4.76. The molecule has 36 heavy (non-hydrogen) atoms. The Labute approximate surface area is 211 Å². The number of aromatic nitrogens is 1. The summed E-state index contributed by atoms with van der Waals surface area (Å²) < 4.78 is 42.9. The first-order chi connectivity index (χ1) is 17.1. The number of unbranched alkanes of at least 4 members (excludes halogenated alkanes) is 2. The van der Waals surface area contributed by atoms with Crippen LogP contribution < -0.4 is 14.2 Å². The summed E-state index contributed by atoms with van der Waals surface area (Å²) >= 11 is 0. The first-order valence-electron chi connectivity index (χ1n) is 12.1. The van der Waals surface area contributed by atoms with Crippen LogP contribution in [-0.2, 0) is 32.7 Å². The molecule has 0 saturated heterocycles. The van der Waals surface area contributed by atoms with Gasteiger partial charge in [0.2, 0.25) is 0 Å². The maximum Gasteiger partial charge on any atom is 0.318 e. The average molecular weight is 517 g/mol. The molecule has 1 N–H and O–H groups in total. The number of carbonyl (C=O) groups is 2. The van der Waals surface area contributed by atoms with Gasteiger partial charge >= 0.3 is 11.9 Å². The number of carboxylic acid groups (broad SMARTS) is 1. The number of nitrogens with zero attached hydrogens (tertiary/aromatic N) is 2. The van der Waals surface area contributed by atoms with Gasteiger partial charge in [-0.15, -0.1) is 0 Å². The highest BCUT2D eigenvalue weighted by Crippen LogP contribution is 2.33. The number of hydrogen-bond donors (Lipinski definition) is 1. The maximum absolute atomic E-state index is 12.6. The lowest BCUT2D eigenvalue weighted by molar-refractivity contribution is -0.699. The Morgan fingerprint density at radius 2 is 1.97 bits per heavy atom. The van der Waals surface area contributed by atoms with Crippen molar-refractivity contribution < 1.29 is 37.0 Å². The Hall–Kier alpha value is -3.24. The van der Waals surface area contributed by atoms with Crippen molar-refractivity contribution in [1.29, 1.82) is 0 Å². The molecule has 3 rings (SSSR count). The molecule has 1 unspecified atom stereocenters. The molecule has 0 amide bonds.